The number of ketones is 1. The van der Waals surface area contributed by atoms with Crippen molar-refractivity contribution >= 4 is 17.8 Å². The molecule has 5 nitrogen and oxygen atoms in total. The zero-order chi connectivity index (χ0) is 17.5. The Balaban J connectivity index is 2.17. The predicted octanol–water partition coefficient (Wildman–Crippen LogP) is 3.36. The topological polar surface area (TPSA) is 72.8 Å². The van der Waals surface area contributed by atoms with E-state index in [1.165, 1.54) is 25.3 Å². The number of methoxy groups -OCH3 is 1. The monoisotopic (exact) mass is 326 g/mol. The highest BCUT2D eigenvalue weighted by molar-refractivity contribution is 6.07. The van der Waals surface area contributed by atoms with Crippen molar-refractivity contribution in [3.63, 3.8) is 0 Å². The molecule has 0 spiro atoms. The van der Waals surface area contributed by atoms with Crippen LogP contribution in [-0.2, 0) is 4.79 Å². The lowest BCUT2D eigenvalue weighted by Crippen LogP contribution is -2.10. The van der Waals surface area contributed by atoms with Crippen molar-refractivity contribution in [2.24, 2.45) is 0 Å². The lowest BCUT2D eigenvalue weighted by atomic mass is 10.1. The van der Waals surface area contributed by atoms with Crippen LogP contribution in [0.5, 0.6) is 11.5 Å². The van der Waals surface area contributed by atoms with Gasteiger partial charge in [-0.25, -0.2) is 4.79 Å². The van der Waals surface area contributed by atoms with E-state index in [0.717, 1.165) is 11.1 Å². The average molecular weight is 326 g/mol. The van der Waals surface area contributed by atoms with Gasteiger partial charge in [-0.3, -0.25) is 4.79 Å². The Morgan fingerprint density at radius 1 is 1.12 bits per heavy atom. The summed E-state index contributed by atoms with van der Waals surface area (Å²) in [6.45, 7) is 1.50. The molecule has 0 fully saturated rings. The summed E-state index contributed by atoms with van der Waals surface area (Å²) in [7, 11) is 1.43. The third-order valence-corrected chi connectivity index (χ3v) is 3.40. The number of ether oxygens (including phenoxy) is 2. The molecule has 0 amide bonds. The van der Waals surface area contributed by atoms with Crippen LogP contribution >= 0.6 is 0 Å². The Bertz CT molecular complexity index is 777. The van der Waals surface area contributed by atoms with Crippen LogP contribution in [0.15, 0.2) is 48.5 Å². The molecular weight excluding hydrogens is 308 g/mol. The molecule has 2 aromatic rings. The quantitative estimate of drug-likeness (QED) is 0.624. The summed E-state index contributed by atoms with van der Waals surface area (Å²) in [5.74, 6) is -0.676. The first kappa shape index (κ1) is 17.3. The van der Waals surface area contributed by atoms with E-state index in [-0.39, 0.29) is 11.5 Å². The maximum atomic E-state index is 12.3. The summed E-state index contributed by atoms with van der Waals surface area (Å²) < 4.78 is 10.3. The molecule has 0 aliphatic carbocycles. The second kappa shape index (κ2) is 7.97. The van der Waals surface area contributed by atoms with E-state index < -0.39 is 12.6 Å². The largest absolute Gasteiger partial charge is 0.493 e. The van der Waals surface area contributed by atoms with Crippen molar-refractivity contribution in [1.29, 1.82) is 0 Å². The van der Waals surface area contributed by atoms with E-state index >= 15 is 0 Å². The van der Waals surface area contributed by atoms with Gasteiger partial charge in [-0.1, -0.05) is 30.3 Å². The fourth-order valence-electron chi connectivity index (χ4n) is 2.12. The van der Waals surface area contributed by atoms with Gasteiger partial charge in [0, 0.05) is 5.56 Å². The van der Waals surface area contributed by atoms with Gasteiger partial charge in [0.05, 0.1) is 7.11 Å². The number of rotatable bonds is 7. The molecule has 0 atom stereocenters. The van der Waals surface area contributed by atoms with E-state index in [9.17, 15) is 9.59 Å². The maximum Gasteiger partial charge on any atom is 0.341 e. The van der Waals surface area contributed by atoms with Crippen LogP contribution in [0.1, 0.15) is 21.5 Å². The van der Waals surface area contributed by atoms with Gasteiger partial charge in [0.1, 0.15) is 0 Å². The Hall–Kier alpha value is -3.08. The Labute approximate surface area is 140 Å². The summed E-state index contributed by atoms with van der Waals surface area (Å²) in [4.78, 5) is 22.9. The van der Waals surface area contributed by atoms with Crippen LogP contribution in [0.4, 0.5) is 0 Å². The standard InChI is InChI=1S/C19H18O5/c1-13-5-3-4-6-14(13)7-9-16(20)15-8-10-17(18(11-15)23-2)24-12-19(21)22/h3-11H,12H2,1-2H3,(H,21,22). The van der Waals surface area contributed by atoms with E-state index in [1.807, 2.05) is 31.2 Å². The number of carbonyl (C=O) groups is 2. The normalized spacial score (nSPS) is 10.6. The zero-order valence-electron chi connectivity index (χ0n) is 13.5. The number of carbonyl (C=O) groups excluding carboxylic acids is 1. The Morgan fingerprint density at radius 3 is 2.54 bits per heavy atom. The zero-order valence-corrected chi connectivity index (χ0v) is 13.5. The summed E-state index contributed by atoms with van der Waals surface area (Å²) >= 11 is 0. The summed E-state index contributed by atoms with van der Waals surface area (Å²) in [5, 5.41) is 8.65. The lowest BCUT2D eigenvalue weighted by molar-refractivity contribution is -0.139. The molecule has 124 valence electrons. The number of hydrogen-bond donors (Lipinski definition) is 1. The number of aliphatic carboxylic acids is 1. The van der Waals surface area contributed by atoms with Crippen molar-refractivity contribution in [1.82, 2.24) is 0 Å². The summed E-state index contributed by atoms with van der Waals surface area (Å²) in [6, 6.07) is 12.4. The minimum Gasteiger partial charge on any atom is -0.493 e. The number of aryl methyl sites for hydroxylation is 1. The van der Waals surface area contributed by atoms with Crippen molar-refractivity contribution in [2.45, 2.75) is 6.92 Å². The molecule has 0 aliphatic rings. The SMILES string of the molecule is COc1cc(C(=O)C=Cc2ccccc2C)ccc1OCC(=O)O. The maximum absolute atomic E-state index is 12.3. The van der Waals surface area contributed by atoms with Gasteiger partial charge in [-0.05, 0) is 42.3 Å². The fourth-order valence-corrected chi connectivity index (χ4v) is 2.12. The molecule has 0 heterocycles. The number of allylic oxidation sites excluding steroid dienone is 1. The van der Waals surface area contributed by atoms with E-state index in [2.05, 4.69) is 0 Å². The van der Waals surface area contributed by atoms with Gasteiger partial charge in [-0.2, -0.15) is 0 Å². The average Bonchev–Trinajstić information content (AvgIpc) is 2.58. The van der Waals surface area contributed by atoms with Crippen LogP contribution in [0, 0.1) is 6.92 Å². The molecule has 0 unspecified atom stereocenters. The molecular formula is C19H18O5. The third-order valence-electron chi connectivity index (χ3n) is 3.40. The molecule has 1 N–H and O–H groups in total. The molecule has 2 aromatic carbocycles. The van der Waals surface area contributed by atoms with Gasteiger partial charge in [-0.15, -0.1) is 0 Å². The number of carboxylic acid groups (broad SMARTS) is 1. The van der Waals surface area contributed by atoms with Crippen LogP contribution < -0.4 is 9.47 Å². The molecule has 0 aromatic heterocycles. The molecule has 0 saturated heterocycles. The highest BCUT2D eigenvalue weighted by Gasteiger charge is 2.10. The van der Waals surface area contributed by atoms with Crippen molar-refractivity contribution in [3.05, 3.63) is 65.2 Å². The molecule has 0 radical (unpaired) electrons. The number of hydrogen-bond acceptors (Lipinski definition) is 4. The molecule has 24 heavy (non-hydrogen) atoms. The van der Waals surface area contributed by atoms with Gasteiger partial charge in [0.15, 0.2) is 23.9 Å². The number of carboxylic acids is 1. The minimum atomic E-state index is -1.08. The first-order chi connectivity index (χ1) is 11.5. The highest BCUT2D eigenvalue weighted by atomic mass is 16.5. The molecule has 0 saturated carbocycles. The first-order valence-electron chi connectivity index (χ1n) is 7.32. The molecule has 5 heteroatoms. The van der Waals surface area contributed by atoms with Crippen LogP contribution in [0.25, 0.3) is 6.08 Å². The van der Waals surface area contributed by atoms with E-state index in [0.29, 0.717) is 11.3 Å². The van der Waals surface area contributed by atoms with Crippen LogP contribution in [0.2, 0.25) is 0 Å². The van der Waals surface area contributed by atoms with Gasteiger partial charge in [0.25, 0.3) is 0 Å². The summed E-state index contributed by atoms with van der Waals surface area (Å²) in [5.41, 5.74) is 2.48. The van der Waals surface area contributed by atoms with Crippen molar-refractivity contribution in [2.75, 3.05) is 13.7 Å². The van der Waals surface area contributed by atoms with Crippen molar-refractivity contribution in [3.8, 4) is 11.5 Å². The summed E-state index contributed by atoms with van der Waals surface area (Å²) in [6.07, 6.45) is 3.26. The number of benzene rings is 2. The molecule has 2 rings (SSSR count). The smallest absolute Gasteiger partial charge is 0.341 e. The Kier molecular flexibility index (Phi) is 5.73. The lowest BCUT2D eigenvalue weighted by Gasteiger charge is -2.10. The highest BCUT2D eigenvalue weighted by Crippen LogP contribution is 2.28. The van der Waals surface area contributed by atoms with E-state index in [1.54, 1.807) is 12.1 Å². The second-order valence-electron chi connectivity index (χ2n) is 5.10. The van der Waals surface area contributed by atoms with E-state index in [4.69, 9.17) is 14.6 Å². The van der Waals surface area contributed by atoms with Crippen LogP contribution in [-0.4, -0.2) is 30.6 Å². The van der Waals surface area contributed by atoms with Crippen LogP contribution in [0.3, 0.4) is 0 Å². The molecule has 0 bridgehead atoms. The van der Waals surface area contributed by atoms with Gasteiger partial charge in [0.2, 0.25) is 0 Å². The first-order valence-corrected chi connectivity index (χ1v) is 7.32. The van der Waals surface area contributed by atoms with Gasteiger partial charge < -0.3 is 14.6 Å². The second-order valence-corrected chi connectivity index (χ2v) is 5.10. The predicted molar refractivity (Wildman–Crippen MR) is 90.7 cm³/mol. The van der Waals surface area contributed by atoms with Gasteiger partial charge >= 0.3 is 5.97 Å². The van der Waals surface area contributed by atoms with Crippen molar-refractivity contribution < 1.29 is 24.2 Å². The Morgan fingerprint density at radius 2 is 1.88 bits per heavy atom. The fraction of sp³-hybridized carbons (Fsp3) is 0.158. The third kappa shape index (κ3) is 4.46. The molecule has 0 aliphatic heterocycles. The minimum absolute atomic E-state index is 0.179.